The molecule has 0 amide bonds. The van der Waals surface area contributed by atoms with Gasteiger partial charge in [-0.15, -0.1) is 0 Å². The summed E-state index contributed by atoms with van der Waals surface area (Å²) in [6.07, 6.45) is 0. The minimum Gasteiger partial charge on any atom is -0.726 e. The van der Waals surface area contributed by atoms with E-state index in [-0.39, 0.29) is 16.3 Å². The summed E-state index contributed by atoms with van der Waals surface area (Å²) in [6, 6.07) is 2.54. The van der Waals surface area contributed by atoms with E-state index in [0.717, 1.165) is 0 Å². The molecular weight excluding hydrogens is 324 g/mol. The van der Waals surface area contributed by atoms with Crippen LogP contribution in [0.1, 0.15) is 5.56 Å². The van der Waals surface area contributed by atoms with Crippen molar-refractivity contribution in [3.05, 3.63) is 22.7 Å². The Morgan fingerprint density at radius 3 is 2.48 bits per heavy atom. The van der Waals surface area contributed by atoms with E-state index >= 15 is 0 Å². The highest BCUT2D eigenvalue weighted by molar-refractivity contribution is 7.91. The molecule has 1 rings (SSSR count). The highest BCUT2D eigenvalue weighted by Crippen LogP contribution is 2.33. The summed E-state index contributed by atoms with van der Waals surface area (Å²) in [5.41, 5.74) is 0.411. The van der Waals surface area contributed by atoms with Gasteiger partial charge in [-0.25, -0.2) is 12.6 Å². The van der Waals surface area contributed by atoms with E-state index in [9.17, 15) is 21.4 Å². The molecule has 0 aliphatic heterocycles. The van der Waals surface area contributed by atoms with Gasteiger partial charge in [0, 0.05) is 12.1 Å². The Morgan fingerprint density at radius 2 is 2.00 bits per heavy atom. The van der Waals surface area contributed by atoms with Crippen molar-refractivity contribution in [1.29, 1.82) is 5.39 Å². The van der Waals surface area contributed by atoms with Gasteiger partial charge in [0.15, 0.2) is 4.98 Å². The fourth-order valence-electron chi connectivity index (χ4n) is 1.60. The first-order valence-electron chi connectivity index (χ1n) is 5.49. The van der Waals surface area contributed by atoms with Gasteiger partial charge in [-0.2, -0.15) is 4.21 Å². The Balaban J connectivity index is 3.12. The molecule has 0 heterocycles. The van der Waals surface area contributed by atoms with E-state index in [0.29, 0.717) is 5.56 Å². The molecule has 0 aliphatic rings. The second-order valence-corrected chi connectivity index (χ2v) is 7.15. The van der Waals surface area contributed by atoms with Gasteiger partial charge in [-0.05, 0) is 12.5 Å². The van der Waals surface area contributed by atoms with Crippen LogP contribution in [0.25, 0.3) is 4.98 Å². The Kier molecular flexibility index (Phi) is 5.24. The van der Waals surface area contributed by atoms with Crippen molar-refractivity contribution >= 4 is 25.9 Å². The minimum atomic E-state index is -4.92. The van der Waals surface area contributed by atoms with E-state index in [1.165, 1.54) is 26.2 Å². The van der Waals surface area contributed by atoms with Crippen LogP contribution in [0.2, 0.25) is 0 Å². The molecule has 1 unspecified atom stereocenters. The average molecular weight is 337 g/mol. The molecule has 0 bridgehead atoms. The Bertz CT molecular complexity index is 778. The van der Waals surface area contributed by atoms with Crippen molar-refractivity contribution in [2.45, 2.75) is 11.8 Å². The summed E-state index contributed by atoms with van der Waals surface area (Å²) in [7, 11) is -7.29. The molecule has 0 aromatic heterocycles. The maximum Gasteiger partial charge on any atom is 0.426 e. The lowest BCUT2D eigenvalue weighted by molar-refractivity contribution is 0.276. The van der Waals surface area contributed by atoms with Gasteiger partial charge >= 0.3 is 15.5 Å². The van der Waals surface area contributed by atoms with Crippen LogP contribution < -0.4 is 4.74 Å². The van der Waals surface area contributed by atoms with Gasteiger partial charge < -0.3 is 9.29 Å². The molecule has 1 N–H and O–H groups in total. The Labute approximate surface area is 122 Å². The maximum absolute atomic E-state index is 12.2. The topological polar surface area (TPSA) is 142 Å². The largest absolute Gasteiger partial charge is 0.726 e. The van der Waals surface area contributed by atoms with Gasteiger partial charge in [-0.1, -0.05) is 0 Å². The standard InChI is InChI=1S/C10H12N2O7S2/c1-7-5-8(12-11)9(18-2)6-10(7)20(13,14)4-3-19-21(15,16)17/h5-6H,3-4H2,1-2H3/p+1. The first kappa shape index (κ1) is 17.3. The Morgan fingerprint density at radius 1 is 1.38 bits per heavy atom. The summed E-state index contributed by atoms with van der Waals surface area (Å²) in [5, 5.41) is 8.79. The van der Waals surface area contributed by atoms with E-state index in [1.807, 2.05) is 0 Å². The number of nitrogens with zero attached hydrogens (tertiary/aromatic N) is 2. The fraction of sp³-hybridized carbons (Fsp3) is 0.400. The number of hydrogen-bond acceptors (Lipinski definition) is 7. The van der Waals surface area contributed by atoms with Gasteiger partial charge in [0.25, 0.3) is 0 Å². The number of methoxy groups -OCH3 is 1. The van der Waals surface area contributed by atoms with Crippen molar-refractivity contribution in [2.75, 3.05) is 19.5 Å². The lowest BCUT2D eigenvalue weighted by atomic mass is 10.2. The second kappa shape index (κ2) is 6.35. The third-order valence-electron chi connectivity index (χ3n) is 2.52. The average Bonchev–Trinajstić information content (AvgIpc) is 2.36. The maximum atomic E-state index is 12.2. The molecule has 9 nitrogen and oxygen atoms in total. The van der Waals surface area contributed by atoms with Crippen LogP contribution >= 0.6 is 0 Å². The van der Waals surface area contributed by atoms with Crippen LogP contribution in [0.5, 0.6) is 5.75 Å². The van der Waals surface area contributed by atoms with Gasteiger partial charge in [0.1, 0.15) is 10.6 Å². The van der Waals surface area contributed by atoms with E-state index in [2.05, 4.69) is 9.16 Å². The molecule has 0 saturated heterocycles. The zero-order valence-corrected chi connectivity index (χ0v) is 12.8. The summed E-state index contributed by atoms with van der Waals surface area (Å²) in [5.74, 6) is -0.522. The molecule has 0 aliphatic carbocycles. The number of benzene rings is 1. The van der Waals surface area contributed by atoms with E-state index in [1.54, 1.807) is 0 Å². The van der Waals surface area contributed by atoms with E-state index in [4.69, 9.17) is 10.1 Å². The smallest absolute Gasteiger partial charge is 0.426 e. The molecule has 1 atom stereocenters. The third-order valence-corrected chi connectivity index (χ3v) is 4.82. The van der Waals surface area contributed by atoms with Crippen molar-refractivity contribution in [3.63, 3.8) is 0 Å². The minimum absolute atomic E-state index is 0.0290. The lowest BCUT2D eigenvalue weighted by Crippen LogP contribution is -2.16. The number of ether oxygens (including phenoxy) is 1. The number of aryl methyl sites for hydroxylation is 1. The molecule has 116 valence electrons. The molecule has 11 heteroatoms. The molecule has 0 spiro atoms. The predicted octanol–water partition coefficient (Wildman–Crippen LogP) is 0.896. The molecule has 0 saturated carbocycles. The summed E-state index contributed by atoms with van der Waals surface area (Å²) >= 11 is 0. The van der Waals surface area contributed by atoms with Gasteiger partial charge in [0.2, 0.25) is 21.5 Å². The van der Waals surface area contributed by atoms with Crippen LogP contribution in [-0.2, 0) is 24.4 Å². The predicted molar refractivity (Wildman–Crippen MR) is 71.3 cm³/mol. The lowest BCUT2D eigenvalue weighted by Gasteiger charge is -2.07. The number of hydrogen-bond donors (Lipinski definition) is 0. The molecule has 1 aromatic rings. The molecule has 21 heavy (non-hydrogen) atoms. The van der Waals surface area contributed by atoms with Crippen LogP contribution in [-0.4, -0.2) is 40.9 Å². The SMILES string of the molecule is COc1cc(S(=O)(=[OH+])CCOS(=O)(=O)[O-])c(C)cc1[N+]#N. The van der Waals surface area contributed by atoms with Crippen molar-refractivity contribution < 1.29 is 30.3 Å². The van der Waals surface area contributed by atoms with Crippen LogP contribution in [0.15, 0.2) is 17.0 Å². The fourth-order valence-corrected chi connectivity index (χ4v) is 3.37. The summed E-state index contributed by atoms with van der Waals surface area (Å²) < 4.78 is 61.9. The first-order valence-corrected chi connectivity index (χ1v) is 8.51. The number of diazo groups is 1. The van der Waals surface area contributed by atoms with Crippen molar-refractivity contribution in [1.82, 2.24) is 0 Å². The van der Waals surface area contributed by atoms with E-state index < -0.39 is 32.6 Å². The summed E-state index contributed by atoms with van der Waals surface area (Å²) in [4.78, 5) is 2.95. The normalized spacial score (nSPS) is 14.2. The van der Waals surface area contributed by atoms with Crippen LogP contribution in [0.4, 0.5) is 5.69 Å². The molecular formula is C10H13N2O7S2+. The monoisotopic (exact) mass is 337 g/mol. The molecule has 0 fully saturated rings. The zero-order valence-electron chi connectivity index (χ0n) is 11.2. The highest BCUT2D eigenvalue weighted by atomic mass is 32.3. The van der Waals surface area contributed by atoms with Crippen molar-refractivity contribution in [2.24, 2.45) is 0 Å². The highest BCUT2D eigenvalue weighted by Gasteiger charge is 2.28. The quantitative estimate of drug-likeness (QED) is 0.324. The second-order valence-electron chi connectivity index (χ2n) is 3.96. The van der Waals surface area contributed by atoms with Crippen LogP contribution in [0.3, 0.4) is 0 Å². The zero-order chi connectivity index (χ0) is 16.3. The van der Waals surface area contributed by atoms with Crippen LogP contribution in [0, 0.1) is 12.3 Å². The summed E-state index contributed by atoms with van der Waals surface area (Å²) in [6.45, 7) is 0.777. The first-order chi connectivity index (χ1) is 9.60. The third kappa shape index (κ3) is 4.64. The molecule has 0 radical (unpaired) electrons. The van der Waals surface area contributed by atoms with Gasteiger partial charge in [-0.3, -0.25) is 4.18 Å². The molecule has 1 aromatic carbocycles. The Hall–Kier alpha value is -1.74. The van der Waals surface area contributed by atoms with Crippen molar-refractivity contribution in [3.8, 4) is 5.75 Å². The van der Waals surface area contributed by atoms with Gasteiger partial charge in [0.05, 0.1) is 13.7 Å². The number of rotatable bonds is 6.